The smallest absolute Gasteiger partial charge is 0.237 e. The van der Waals surface area contributed by atoms with E-state index in [0.717, 1.165) is 38.8 Å². The van der Waals surface area contributed by atoms with Crippen LogP contribution < -0.4 is 16.4 Å². The molecule has 4 N–H and O–H groups in total. The molecule has 0 saturated heterocycles. The Morgan fingerprint density at radius 3 is 2.68 bits per heavy atom. The molecule has 25 heavy (non-hydrogen) atoms. The van der Waals surface area contributed by atoms with Crippen LogP contribution in [0.25, 0.3) is 0 Å². The molecular weight excluding hydrogens is 334 g/mol. The third-order valence-corrected chi connectivity index (χ3v) is 5.46. The zero-order valence-corrected chi connectivity index (χ0v) is 16.4. The van der Waals surface area contributed by atoms with E-state index in [0.29, 0.717) is 12.3 Å². The molecule has 0 radical (unpaired) electrons. The summed E-state index contributed by atoms with van der Waals surface area (Å²) >= 11 is 0. The number of unbranched alkanes of at least 4 members (excludes halogenated alkanes) is 1. The number of benzene rings is 1. The Morgan fingerprint density at radius 1 is 1.20 bits per heavy atom. The monoisotopic (exact) mass is 367 g/mol. The van der Waals surface area contributed by atoms with Crippen LogP contribution in [0.2, 0.25) is 0 Å². The van der Waals surface area contributed by atoms with Crippen LogP contribution in [0.1, 0.15) is 44.2 Å². The van der Waals surface area contributed by atoms with Crippen molar-refractivity contribution < 1.29 is 9.00 Å². The lowest BCUT2D eigenvalue weighted by atomic mass is 10.1. The predicted molar refractivity (Wildman–Crippen MR) is 106 cm³/mol. The van der Waals surface area contributed by atoms with Gasteiger partial charge >= 0.3 is 0 Å². The maximum Gasteiger partial charge on any atom is 0.237 e. The SMILES string of the molecule is CCCCS(=O)C[C@@H](N)C(=O)NCCCNCc1cccc(CC)c1. The van der Waals surface area contributed by atoms with Crippen LogP contribution in [-0.2, 0) is 28.6 Å². The molecule has 1 unspecified atom stereocenters. The molecule has 5 nitrogen and oxygen atoms in total. The normalized spacial score (nSPS) is 13.4. The Labute approximate surface area is 154 Å². The molecule has 0 aliphatic carbocycles. The molecule has 0 spiro atoms. The van der Waals surface area contributed by atoms with Gasteiger partial charge in [-0.1, -0.05) is 44.5 Å². The molecular formula is C19H33N3O2S. The summed E-state index contributed by atoms with van der Waals surface area (Å²) in [6, 6.07) is 7.87. The first-order valence-corrected chi connectivity index (χ1v) is 10.7. The van der Waals surface area contributed by atoms with Crippen LogP contribution in [0, 0.1) is 0 Å². The minimum Gasteiger partial charge on any atom is -0.355 e. The molecule has 0 aliphatic heterocycles. The second-order valence-corrected chi connectivity index (χ2v) is 7.89. The molecule has 0 saturated carbocycles. The summed E-state index contributed by atoms with van der Waals surface area (Å²) in [6.45, 7) is 6.44. The molecule has 2 atom stereocenters. The number of carbonyl (C=O) groups is 1. The van der Waals surface area contributed by atoms with Crippen molar-refractivity contribution in [2.45, 2.75) is 52.1 Å². The van der Waals surface area contributed by atoms with Gasteiger partial charge < -0.3 is 16.4 Å². The number of aryl methyl sites for hydroxylation is 1. The molecule has 0 fully saturated rings. The van der Waals surface area contributed by atoms with Gasteiger partial charge in [-0.05, 0) is 36.9 Å². The fraction of sp³-hybridized carbons (Fsp3) is 0.632. The number of hydrogen-bond donors (Lipinski definition) is 3. The first-order valence-electron chi connectivity index (χ1n) is 9.23. The lowest BCUT2D eigenvalue weighted by Crippen LogP contribution is -2.44. The molecule has 0 heterocycles. The van der Waals surface area contributed by atoms with Gasteiger partial charge in [0.1, 0.15) is 0 Å². The van der Waals surface area contributed by atoms with Gasteiger partial charge in [-0.3, -0.25) is 9.00 Å². The van der Waals surface area contributed by atoms with Crippen molar-refractivity contribution in [1.82, 2.24) is 10.6 Å². The summed E-state index contributed by atoms with van der Waals surface area (Å²) in [5, 5.41) is 6.20. The van der Waals surface area contributed by atoms with E-state index >= 15 is 0 Å². The van der Waals surface area contributed by atoms with E-state index in [1.807, 2.05) is 0 Å². The number of nitrogens with two attached hydrogens (primary N) is 1. The highest BCUT2D eigenvalue weighted by Gasteiger charge is 2.15. The molecule has 0 aromatic heterocycles. The van der Waals surface area contributed by atoms with Gasteiger partial charge in [0, 0.05) is 35.4 Å². The van der Waals surface area contributed by atoms with Gasteiger partial charge in [0.05, 0.1) is 6.04 Å². The summed E-state index contributed by atoms with van der Waals surface area (Å²) in [4.78, 5) is 11.9. The highest BCUT2D eigenvalue weighted by Crippen LogP contribution is 2.05. The first kappa shape index (κ1) is 21.8. The Hall–Kier alpha value is -1.24. The van der Waals surface area contributed by atoms with Crippen molar-refractivity contribution in [3.63, 3.8) is 0 Å². The Kier molecular flexibility index (Phi) is 11.4. The van der Waals surface area contributed by atoms with Gasteiger partial charge in [-0.2, -0.15) is 0 Å². The Balaban J connectivity index is 2.11. The predicted octanol–water partition coefficient (Wildman–Crippen LogP) is 1.72. The lowest BCUT2D eigenvalue weighted by molar-refractivity contribution is -0.121. The van der Waals surface area contributed by atoms with Gasteiger partial charge in [0.15, 0.2) is 0 Å². The van der Waals surface area contributed by atoms with Crippen molar-refractivity contribution in [3.05, 3.63) is 35.4 Å². The number of carbonyl (C=O) groups excluding carboxylic acids is 1. The topological polar surface area (TPSA) is 84.2 Å². The van der Waals surface area contributed by atoms with Crippen molar-refractivity contribution in [2.75, 3.05) is 24.6 Å². The molecule has 142 valence electrons. The second-order valence-electron chi connectivity index (χ2n) is 6.27. The summed E-state index contributed by atoms with van der Waals surface area (Å²) < 4.78 is 11.8. The maximum absolute atomic E-state index is 11.9. The number of nitrogens with one attached hydrogen (secondary N) is 2. The summed E-state index contributed by atoms with van der Waals surface area (Å²) in [5.41, 5.74) is 8.44. The maximum atomic E-state index is 11.9. The summed E-state index contributed by atoms with van der Waals surface area (Å²) in [6.07, 6.45) is 3.80. The van der Waals surface area contributed by atoms with Crippen molar-refractivity contribution in [2.24, 2.45) is 5.73 Å². The van der Waals surface area contributed by atoms with Crippen LogP contribution in [0.3, 0.4) is 0 Å². The van der Waals surface area contributed by atoms with E-state index in [-0.39, 0.29) is 11.7 Å². The van der Waals surface area contributed by atoms with Gasteiger partial charge in [0.2, 0.25) is 5.91 Å². The van der Waals surface area contributed by atoms with E-state index in [4.69, 9.17) is 5.73 Å². The van der Waals surface area contributed by atoms with Crippen LogP contribution >= 0.6 is 0 Å². The number of hydrogen-bond acceptors (Lipinski definition) is 4. The average Bonchev–Trinajstić information content (AvgIpc) is 2.62. The highest BCUT2D eigenvalue weighted by atomic mass is 32.2. The molecule has 6 heteroatoms. The van der Waals surface area contributed by atoms with E-state index < -0.39 is 16.8 Å². The highest BCUT2D eigenvalue weighted by molar-refractivity contribution is 7.85. The van der Waals surface area contributed by atoms with E-state index in [9.17, 15) is 9.00 Å². The molecule has 1 aromatic carbocycles. The second kappa shape index (κ2) is 13.0. The summed E-state index contributed by atoms with van der Waals surface area (Å²) in [7, 11) is -1.00. The molecule has 1 rings (SSSR count). The number of amides is 1. The Bertz CT molecular complexity index is 537. The van der Waals surface area contributed by atoms with Crippen molar-refractivity contribution >= 4 is 16.7 Å². The van der Waals surface area contributed by atoms with Crippen LogP contribution in [0.5, 0.6) is 0 Å². The molecule has 0 aliphatic rings. The van der Waals surface area contributed by atoms with Crippen LogP contribution in [0.4, 0.5) is 0 Å². The average molecular weight is 368 g/mol. The zero-order valence-electron chi connectivity index (χ0n) is 15.6. The Morgan fingerprint density at radius 2 is 1.96 bits per heavy atom. The summed E-state index contributed by atoms with van der Waals surface area (Å²) in [5.74, 6) is 0.666. The zero-order chi connectivity index (χ0) is 18.5. The van der Waals surface area contributed by atoms with Crippen molar-refractivity contribution in [1.29, 1.82) is 0 Å². The van der Waals surface area contributed by atoms with Gasteiger partial charge in [-0.25, -0.2) is 0 Å². The van der Waals surface area contributed by atoms with Crippen molar-refractivity contribution in [3.8, 4) is 0 Å². The third-order valence-electron chi connectivity index (χ3n) is 3.99. The fourth-order valence-electron chi connectivity index (χ4n) is 2.41. The first-order chi connectivity index (χ1) is 12.1. The van der Waals surface area contributed by atoms with Gasteiger partial charge in [-0.15, -0.1) is 0 Å². The van der Waals surface area contributed by atoms with Crippen LogP contribution in [-0.4, -0.2) is 40.8 Å². The standard InChI is InChI=1S/C19H33N3O2S/c1-3-5-12-25(24)15-18(20)19(23)22-11-7-10-21-14-17-9-6-8-16(4-2)13-17/h6,8-9,13,18,21H,3-5,7,10-12,14-15,20H2,1-2H3,(H,22,23)/t18-,25?/m1/s1. The lowest BCUT2D eigenvalue weighted by Gasteiger charge is -2.12. The third kappa shape index (κ3) is 9.72. The largest absolute Gasteiger partial charge is 0.355 e. The molecule has 1 aromatic rings. The minimum absolute atomic E-state index is 0.208. The van der Waals surface area contributed by atoms with E-state index in [1.54, 1.807) is 0 Å². The molecule has 1 amide bonds. The molecule has 0 bridgehead atoms. The number of rotatable bonds is 13. The van der Waals surface area contributed by atoms with Gasteiger partial charge in [0.25, 0.3) is 0 Å². The van der Waals surface area contributed by atoms with E-state index in [1.165, 1.54) is 11.1 Å². The minimum atomic E-state index is -1.00. The quantitative estimate of drug-likeness (QED) is 0.464. The fourth-order valence-corrected chi connectivity index (χ4v) is 3.74. The van der Waals surface area contributed by atoms with E-state index in [2.05, 4.69) is 48.7 Å². The van der Waals surface area contributed by atoms with Crippen LogP contribution in [0.15, 0.2) is 24.3 Å².